The molecule has 5 heteroatoms. The van der Waals surface area contributed by atoms with Crippen molar-refractivity contribution >= 4 is 15.9 Å². The van der Waals surface area contributed by atoms with Gasteiger partial charge in [0.1, 0.15) is 4.60 Å². The molecule has 1 unspecified atom stereocenters. The normalized spacial score (nSPS) is 25.5. The van der Waals surface area contributed by atoms with Gasteiger partial charge in [0, 0.05) is 6.54 Å². The van der Waals surface area contributed by atoms with E-state index >= 15 is 0 Å². The van der Waals surface area contributed by atoms with Crippen molar-refractivity contribution in [2.75, 3.05) is 13.1 Å². The van der Waals surface area contributed by atoms with Crippen molar-refractivity contribution in [2.45, 2.75) is 50.7 Å². The highest BCUT2D eigenvalue weighted by Gasteiger charge is 2.23. The van der Waals surface area contributed by atoms with E-state index in [1.165, 1.54) is 38.5 Å². The van der Waals surface area contributed by atoms with Crippen molar-refractivity contribution < 1.29 is 4.74 Å². The van der Waals surface area contributed by atoms with Crippen molar-refractivity contribution in [3.8, 4) is 5.75 Å². The zero-order chi connectivity index (χ0) is 12.4. The lowest BCUT2D eigenvalue weighted by atomic mass is 10.1. The third kappa shape index (κ3) is 2.57. The first-order valence-corrected chi connectivity index (χ1v) is 7.74. The fourth-order valence-corrected chi connectivity index (χ4v) is 3.47. The maximum Gasteiger partial charge on any atom is 0.172 e. The summed E-state index contributed by atoms with van der Waals surface area (Å²) in [6.07, 6.45) is 9.61. The molecule has 3 rings (SSSR count). The standard InChI is InChI=1S/C13H20BrN3O/c14-13-12(18-11-5-1-2-6-11)9-16-17(13)10-4-3-7-15-8-10/h9-11,15H,1-8H2. The number of halogens is 1. The van der Waals surface area contributed by atoms with E-state index in [0.717, 1.165) is 23.4 Å². The molecule has 4 nitrogen and oxygen atoms in total. The minimum absolute atomic E-state index is 0.392. The molecular weight excluding hydrogens is 294 g/mol. The SMILES string of the molecule is Brc1c(OC2CCCC2)cnn1C1CCCNC1. The van der Waals surface area contributed by atoms with E-state index < -0.39 is 0 Å². The third-order valence-corrected chi connectivity index (χ3v) is 4.67. The Kier molecular flexibility index (Phi) is 3.89. The fourth-order valence-electron chi connectivity index (χ4n) is 2.89. The molecule has 1 aliphatic heterocycles. The van der Waals surface area contributed by atoms with Crippen LogP contribution in [0.5, 0.6) is 5.75 Å². The van der Waals surface area contributed by atoms with Crippen LogP contribution in [-0.4, -0.2) is 29.0 Å². The van der Waals surface area contributed by atoms with Crippen LogP contribution >= 0.6 is 15.9 Å². The molecule has 0 amide bonds. The lowest BCUT2D eigenvalue weighted by molar-refractivity contribution is 0.207. The molecule has 0 bridgehead atoms. The van der Waals surface area contributed by atoms with Crippen LogP contribution in [0.2, 0.25) is 0 Å². The van der Waals surface area contributed by atoms with E-state index in [0.29, 0.717) is 12.1 Å². The lowest BCUT2D eigenvalue weighted by Crippen LogP contribution is -2.32. The summed E-state index contributed by atoms with van der Waals surface area (Å²) in [6, 6.07) is 0.453. The summed E-state index contributed by atoms with van der Waals surface area (Å²) in [5.74, 6) is 0.910. The fraction of sp³-hybridized carbons (Fsp3) is 0.769. The number of rotatable bonds is 3. The summed E-state index contributed by atoms with van der Waals surface area (Å²) in [7, 11) is 0. The molecular formula is C13H20BrN3O. The number of hydrogen-bond acceptors (Lipinski definition) is 3. The molecule has 1 aromatic heterocycles. The van der Waals surface area contributed by atoms with Crippen molar-refractivity contribution in [3.63, 3.8) is 0 Å². The molecule has 1 saturated carbocycles. The minimum atomic E-state index is 0.392. The average molecular weight is 314 g/mol. The van der Waals surface area contributed by atoms with E-state index in [1.807, 2.05) is 6.20 Å². The monoisotopic (exact) mass is 313 g/mol. The Hall–Kier alpha value is -0.550. The quantitative estimate of drug-likeness (QED) is 0.932. The molecule has 0 radical (unpaired) electrons. The summed E-state index contributed by atoms with van der Waals surface area (Å²) in [5.41, 5.74) is 0. The lowest BCUT2D eigenvalue weighted by Gasteiger charge is -2.23. The Bertz CT molecular complexity index is 395. The number of ether oxygens (including phenoxy) is 1. The van der Waals surface area contributed by atoms with Crippen LogP contribution in [0.1, 0.15) is 44.6 Å². The van der Waals surface area contributed by atoms with E-state index in [-0.39, 0.29) is 0 Å². The van der Waals surface area contributed by atoms with Crippen LogP contribution in [0.3, 0.4) is 0 Å². The van der Waals surface area contributed by atoms with Crippen LogP contribution in [0.4, 0.5) is 0 Å². The van der Waals surface area contributed by atoms with Crippen molar-refractivity contribution in [3.05, 3.63) is 10.8 Å². The number of hydrogen-bond donors (Lipinski definition) is 1. The van der Waals surface area contributed by atoms with Crippen LogP contribution in [0.15, 0.2) is 10.8 Å². The average Bonchev–Trinajstić information content (AvgIpc) is 3.03. The molecule has 18 heavy (non-hydrogen) atoms. The van der Waals surface area contributed by atoms with Crippen LogP contribution in [0.25, 0.3) is 0 Å². The number of nitrogens with zero attached hydrogens (tertiary/aromatic N) is 2. The molecule has 1 saturated heterocycles. The van der Waals surface area contributed by atoms with E-state index in [4.69, 9.17) is 4.74 Å². The predicted molar refractivity (Wildman–Crippen MR) is 74.0 cm³/mol. The minimum Gasteiger partial charge on any atom is -0.486 e. The smallest absolute Gasteiger partial charge is 0.172 e. The Morgan fingerprint density at radius 2 is 2.11 bits per heavy atom. The van der Waals surface area contributed by atoms with Crippen molar-refractivity contribution in [1.29, 1.82) is 0 Å². The van der Waals surface area contributed by atoms with Gasteiger partial charge in [0.25, 0.3) is 0 Å². The summed E-state index contributed by atoms with van der Waals surface area (Å²) in [6.45, 7) is 2.13. The first-order chi connectivity index (χ1) is 8.84. The Balaban J connectivity index is 1.70. The van der Waals surface area contributed by atoms with Gasteiger partial charge in [-0.2, -0.15) is 5.10 Å². The predicted octanol–water partition coefficient (Wildman–Crippen LogP) is 2.89. The van der Waals surface area contributed by atoms with Gasteiger partial charge < -0.3 is 10.1 Å². The molecule has 100 valence electrons. The summed E-state index contributed by atoms with van der Waals surface area (Å²) in [4.78, 5) is 0. The molecule has 1 aliphatic carbocycles. The topological polar surface area (TPSA) is 39.1 Å². The zero-order valence-corrected chi connectivity index (χ0v) is 12.2. The highest BCUT2D eigenvalue weighted by Crippen LogP contribution is 2.32. The van der Waals surface area contributed by atoms with Crippen LogP contribution in [-0.2, 0) is 0 Å². The molecule has 0 aromatic carbocycles. The molecule has 1 atom stereocenters. The van der Waals surface area contributed by atoms with Crippen molar-refractivity contribution in [1.82, 2.24) is 15.1 Å². The first-order valence-electron chi connectivity index (χ1n) is 6.95. The van der Waals surface area contributed by atoms with Gasteiger partial charge in [-0.25, -0.2) is 0 Å². The highest BCUT2D eigenvalue weighted by atomic mass is 79.9. The summed E-state index contributed by atoms with van der Waals surface area (Å²) in [5, 5.41) is 7.91. The maximum absolute atomic E-state index is 6.03. The second-order valence-corrected chi connectivity index (χ2v) is 6.02. The Labute approximate surface area is 116 Å². The van der Waals surface area contributed by atoms with Gasteiger partial charge in [-0.15, -0.1) is 0 Å². The van der Waals surface area contributed by atoms with Crippen molar-refractivity contribution in [2.24, 2.45) is 0 Å². The highest BCUT2D eigenvalue weighted by molar-refractivity contribution is 9.10. The van der Waals surface area contributed by atoms with Gasteiger partial charge in [-0.3, -0.25) is 4.68 Å². The van der Waals surface area contributed by atoms with Gasteiger partial charge in [0.15, 0.2) is 5.75 Å². The molecule has 0 spiro atoms. The second-order valence-electron chi connectivity index (χ2n) is 5.27. The van der Waals surface area contributed by atoms with Gasteiger partial charge in [0.05, 0.1) is 18.3 Å². The maximum atomic E-state index is 6.03. The van der Waals surface area contributed by atoms with Gasteiger partial charge >= 0.3 is 0 Å². The number of aromatic nitrogens is 2. The largest absolute Gasteiger partial charge is 0.486 e. The second kappa shape index (κ2) is 5.61. The first kappa shape index (κ1) is 12.5. The molecule has 2 aliphatic rings. The Morgan fingerprint density at radius 3 is 2.83 bits per heavy atom. The molecule has 1 N–H and O–H groups in total. The Morgan fingerprint density at radius 1 is 1.28 bits per heavy atom. The number of piperidine rings is 1. The van der Waals surface area contributed by atoms with Crippen LogP contribution < -0.4 is 10.1 Å². The van der Waals surface area contributed by atoms with E-state index in [9.17, 15) is 0 Å². The molecule has 2 fully saturated rings. The third-order valence-electron chi connectivity index (χ3n) is 3.92. The van der Waals surface area contributed by atoms with E-state index in [2.05, 4.69) is 31.0 Å². The molecule has 1 aromatic rings. The summed E-state index contributed by atoms with van der Waals surface area (Å²) >= 11 is 3.64. The van der Waals surface area contributed by atoms with Gasteiger partial charge in [-0.05, 0) is 61.0 Å². The zero-order valence-electron chi connectivity index (χ0n) is 10.6. The van der Waals surface area contributed by atoms with Crippen LogP contribution in [0, 0.1) is 0 Å². The van der Waals surface area contributed by atoms with Gasteiger partial charge in [-0.1, -0.05) is 0 Å². The van der Waals surface area contributed by atoms with E-state index in [1.54, 1.807) is 0 Å². The van der Waals surface area contributed by atoms with Gasteiger partial charge in [0.2, 0.25) is 0 Å². The molecule has 2 heterocycles. The summed E-state index contributed by atoms with van der Waals surface area (Å²) < 4.78 is 9.10. The number of nitrogens with one attached hydrogen (secondary N) is 1.